The highest BCUT2D eigenvalue weighted by Crippen LogP contribution is 2.29. The molecule has 0 aliphatic carbocycles. The average molecular weight is 360 g/mol. The Morgan fingerprint density at radius 3 is 2.62 bits per heavy atom. The number of nitrogens with zero attached hydrogens (tertiary/aromatic N) is 2. The van der Waals surface area contributed by atoms with Crippen molar-refractivity contribution in [2.24, 2.45) is 0 Å². The fourth-order valence-corrected chi connectivity index (χ4v) is 3.23. The number of likely N-dealkylation sites (N-methyl/N-ethyl adjacent to an activating group) is 1. The minimum absolute atomic E-state index is 0.190. The van der Waals surface area contributed by atoms with Crippen molar-refractivity contribution < 1.29 is 18.4 Å². The van der Waals surface area contributed by atoms with E-state index in [9.17, 15) is 14.0 Å². The maximum Gasteiger partial charge on any atom is 0.291 e. The van der Waals surface area contributed by atoms with Crippen LogP contribution >= 0.6 is 0 Å². The van der Waals surface area contributed by atoms with Crippen LogP contribution in [0.2, 0.25) is 0 Å². The van der Waals surface area contributed by atoms with E-state index < -0.39 is 5.54 Å². The number of oxazole rings is 1. The summed E-state index contributed by atoms with van der Waals surface area (Å²) in [6.07, 6.45) is 2.02. The maximum absolute atomic E-state index is 13.5. The molecule has 1 aliphatic rings. The monoisotopic (exact) mass is 360 g/mol. The van der Waals surface area contributed by atoms with Gasteiger partial charge in [-0.3, -0.25) is 9.59 Å². The van der Waals surface area contributed by atoms with E-state index >= 15 is 0 Å². The fraction of sp³-hybridized carbons (Fsp3) is 0.389. The van der Waals surface area contributed by atoms with Crippen molar-refractivity contribution in [1.29, 1.82) is 0 Å². The number of aromatic nitrogens is 1. The summed E-state index contributed by atoms with van der Waals surface area (Å²) in [4.78, 5) is 30.7. The van der Waals surface area contributed by atoms with Crippen molar-refractivity contribution >= 4 is 17.5 Å². The van der Waals surface area contributed by atoms with Crippen LogP contribution in [0.3, 0.4) is 0 Å². The summed E-state index contributed by atoms with van der Waals surface area (Å²) in [6, 6.07) is 5.99. The van der Waals surface area contributed by atoms with E-state index in [0.29, 0.717) is 37.3 Å². The molecule has 1 aromatic carbocycles. The molecule has 1 aliphatic heterocycles. The predicted octanol–water partition coefficient (Wildman–Crippen LogP) is 1.96. The van der Waals surface area contributed by atoms with Gasteiger partial charge in [0.15, 0.2) is 6.39 Å². The van der Waals surface area contributed by atoms with Gasteiger partial charge in [0.2, 0.25) is 11.7 Å². The van der Waals surface area contributed by atoms with E-state index in [0.717, 1.165) is 0 Å². The molecule has 8 heteroatoms. The summed E-state index contributed by atoms with van der Waals surface area (Å²) in [7, 11) is 1.56. The second kappa shape index (κ2) is 7.15. The summed E-state index contributed by atoms with van der Waals surface area (Å²) in [5.74, 6) is -0.591. The van der Waals surface area contributed by atoms with Gasteiger partial charge in [0.1, 0.15) is 11.4 Å². The number of benzene rings is 1. The number of likely N-dealkylation sites (tertiary alicyclic amines) is 1. The molecule has 3 rings (SSSR count). The predicted molar refractivity (Wildman–Crippen MR) is 93.2 cm³/mol. The van der Waals surface area contributed by atoms with Crippen LogP contribution in [0.4, 0.5) is 10.1 Å². The van der Waals surface area contributed by atoms with Gasteiger partial charge in [-0.25, -0.2) is 9.37 Å². The lowest BCUT2D eigenvalue weighted by Crippen LogP contribution is -2.58. The zero-order valence-corrected chi connectivity index (χ0v) is 14.7. The zero-order chi connectivity index (χ0) is 18.7. The second-order valence-corrected chi connectivity index (χ2v) is 6.36. The van der Waals surface area contributed by atoms with Crippen molar-refractivity contribution in [3.8, 4) is 0 Å². The van der Waals surface area contributed by atoms with Crippen LogP contribution < -0.4 is 10.6 Å². The van der Waals surface area contributed by atoms with Gasteiger partial charge in [-0.2, -0.15) is 0 Å². The van der Waals surface area contributed by atoms with Crippen LogP contribution in [0, 0.1) is 12.7 Å². The van der Waals surface area contributed by atoms with Gasteiger partial charge in [-0.15, -0.1) is 0 Å². The maximum atomic E-state index is 13.5. The Balaban J connectivity index is 1.76. The van der Waals surface area contributed by atoms with Gasteiger partial charge in [0, 0.05) is 25.8 Å². The number of aryl methyl sites for hydroxylation is 1. The molecule has 1 saturated heterocycles. The lowest BCUT2D eigenvalue weighted by atomic mass is 9.85. The van der Waals surface area contributed by atoms with E-state index in [2.05, 4.69) is 15.6 Å². The van der Waals surface area contributed by atoms with E-state index in [-0.39, 0.29) is 23.4 Å². The highest BCUT2D eigenvalue weighted by atomic mass is 19.1. The van der Waals surface area contributed by atoms with Gasteiger partial charge in [0.25, 0.3) is 5.91 Å². The molecule has 0 bridgehead atoms. The summed E-state index contributed by atoms with van der Waals surface area (Å²) in [6.45, 7) is 2.45. The number of piperidine rings is 1. The Hall–Kier alpha value is -2.90. The molecule has 1 fully saturated rings. The Morgan fingerprint density at radius 2 is 2.04 bits per heavy atom. The minimum Gasteiger partial charge on any atom is -0.438 e. The van der Waals surface area contributed by atoms with Gasteiger partial charge in [-0.05, 0) is 38.0 Å². The van der Waals surface area contributed by atoms with Crippen molar-refractivity contribution in [2.75, 3.05) is 25.5 Å². The number of carbonyl (C=O) groups excluding carboxylic acids is 2. The summed E-state index contributed by atoms with van der Waals surface area (Å²) >= 11 is 0. The molecule has 0 unspecified atom stereocenters. The average Bonchev–Trinajstić information content (AvgIpc) is 3.07. The SMILES string of the molecule is CNC(=O)C1(Nc2cccc(F)c2)CCN(C(=O)c2ocnc2C)CC1. The highest BCUT2D eigenvalue weighted by molar-refractivity contribution is 5.93. The summed E-state index contributed by atoms with van der Waals surface area (Å²) in [5, 5.41) is 5.83. The third kappa shape index (κ3) is 3.40. The van der Waals surface area contributed by atoms with Gasteiger partial charge in [-0.1, -0.05) is 6.07 Å². The Labute approximate surface area is 150 Å². The van der Waals surface area contributed by atoms with Crippen molar-refractivity contribution in [3.63, 3.8) is 0 Å². The van der Waals surface area contributed by atoms with Gasteiger partial charge < -0.3 is 20.0 Å². The summed E-state index contributed by atoms with van der Waals surface area (Å²) in [5.41, 5.74) is 0.158. The molecule has 0 atom stereocenters. The molecule has 2 amide bonds. The highest BCUT2D eigenvalue weighted by Gasteiger charge is 2.42. The van der Waals surface area contributed by atoms with E-state index in [1.165, 1.54) is 18.5 Å². The Morgan fingerprint density at radius 1 is 1.31 bits per heavy atom. The van der Waals surface area contributed by atoms with Crippen LogP contribution in [-0.2, 0) is 4.79 Å². The molecule has 7 nitrogen and oxygen atoms in total. The molecule has 2 heterocycles. The quantitative estimate of drug-likeness (QED) is 0.870. The van der Waals surface area contributed by atoms with E-state index in [4.69, 9.17) is 4.42 Å². The van der Waals surface area contributed by atoms with Crippen LogP contribution in [0.1, 0.15) is 29.1 Å². The molecule has 0 saturated carbocycles. The van der Waals surface area contributed by atoms with Crippen LogP contribution in [0.25, 0.3) is 0 Å². The first-order valence-electron chi connectivity index (χ1n) is 8.40. The van der Waals surface area contributed by atoms with Crippen molar-refractivity contribution in [1.82, 2.24) is 15.2 Å². The Bertz CT molecular complexity index is 812. The normalized spacial score (nSPS) is 16.2. The second-order valence-electron chi connectivity index (χ2n) is 6.36. The molecule has 26 heavy (non-hydrogen) atoms. The standard InChI is InChI=1S/C18H21FN4O3/c1-12-15(26-11-21-12)16(24)23-8-6-18(7-9-23,17(25)20-2)22-14-5-3-4-13(19)10-14/h3-5,10-11,22H,6-9H2,1-2H3,(H,20,25). The molecular formula is C18H21FN4O3. The molecule has 2 aromatic rings. The first-order valence-corrected chi connectivity index (χ1v) is 8.40. The molecule has 2 N–H and O–H groups in total. The fourth-order valence-electron chi connectivity index (χ4n) is 3.23. The van der Waals surface area contributed by atoms with Crippen LogP contribution in [0.5, 0.6) is 0 Å². The number of amides is 2. The van der Waals surface area contributed by atoms with E-state index in [1.807, 2.05) is 0 Å². The molecule has 0 spiro atoms. The third-order valence-corrected chi connectivity index (χ3v) is 4.71. The van der Waals surface area contributed by atoms with Crippen molar-refractivity contribution in [3.05, 3.63) is 47.9 Å². The van der Waals surface area contributed by atoms with Crippen LogP contribution in [-0.4, -0.2) is 47.4 Å². The number of anilines is 1. The summed E-state index contributed by atoms with van der Waals surface area (Å²) < 4.78 is 18.7. The van der Waals surface area contributed by atoms with Gasteiger partial charge in [0.05, 0.1) is 5.69 Å². The van der Waals surface area contributed by atoms with Crippen molar-refractivity contribution in [2.45, 2.75) is 25.3 Å². The number of carbonyl (C=O) groups is 2. The number of hydrogen-bond donors (Lipinski definition) is 2. The lowest BCUT2D eigenvalue weighted by Gasteiger charge is -2.41. The smallest absolute Gasteiger partial charge is 0.291 e. The number of nitrogens with one attached hydrogen (secondary N) is 2. The number of rotatable bonds is 4. The molecule has 1 aromatic heterocycles. The topological polar surface area (TPSA) is 87.5 Å². The molecule has 138 valence electrons. The first kappa shape index (κ1) is 17.9. The lowest BCUT2D eigenvalue weighted by molar-refractivity contribution is -0.126. The largest absolute Gasteiger partial charge is 0.438 e. The third-order valence-electron chi connectivity index (χ3n) is 4.71. The number of hydrogen-bond acceptors (Lipinski definition) is 5. The van der Waals surface area contributed by atoms with E-state index in [1.54, 1.807) is 31.0 Å². The minimum atomic E-state index is -0.907. The number of halogens is 1. The van der Waals surface area contributed by atoms with Crippen LogP contribution in [0.15, 0.2) is 35.1 Å². The zero-order valence-electron chi connectivity index (χ0n) is 14.7. The first-order chi connectivity index (χ1) is 12.4. The van der Waals surface area contributed by atoms with Gasteiger partial charge >= 0.3 is 0 Å². The Kier molecular flexibility index (Phi) is 4.92. The molecule has 0 radical (unpaired) electrons. The molecular weight excluding hydrogens is 339 g/mol.